The van der Waals surface area contributed by atoms with Crippen LogP contribution in [-0.4, -0.2) is 30.1 Å². The first-order valence-corrected chi connectivity index (χ1v) is 12.8. The third-order valence-electron chi connectivity index (χ3n) is 5.78. The Morgan fingerprint density at radius 3 is 2.45 bits per heavy atom. The number of hydrogen-bond acceptors (Lipinski definition) is 6. The Morgan fingerprint density at radius 1 is 0.921 bits per heavy atom. The van der Waals surface area contributed by atoms with Crippen molar-refractivity contribution in [1.82, 2.24) is 14.5 Å². The maximum absolute atomic E-state index is 14.3. The van der Waals surface area contributed by atoms with E-state index in [1.807, 2.05) is 18.2 Å². The zero-order valence-electron chi connectivity index (χ0n) is 19.9. The highest BCUT2D eigenvalue weighted by Crippen LogP contribution is 2.29. The Balaban J connectivity index is 1.62. The highest BCUT2D eigenvalue weighted by atomic mass is 32.2. The van der Waals surface area contributed by atoms with Crippen molar-refractivity contribution in [2.75, 3.05) is 11.8 Å². The molecular weight excluding hydrogens is 514 g/mol. The van der Waals surface area contributed by atoms with Crippen LogP contribution in [0.4, 0.5) is 14.5 Å². The molecule has 0 fully saturated rings. The molecule has 0 spiro atoms. The molecule has 0 aliphatic carbocycles. The summed E-state index contributed by atoms with van der Waals surface area (Å²) in [6.45, 7) is -0.0285. The molecule has 0 bridgehead atoms. The summed E-state index contributed by atoms with van der Waals surface area (Å²) in [5, 5.41) is 0. The Bertz CT molecular complexity index is 1830. The number of fused-ring (bicyclic) bond motifs is 1. The molecular formula is C27H20F2N4O4S. The van der Waals surface area contributed by atoms with Gasteiger partial charge < -0.3 is 4.74 Å². The van der Waals surface area contributed by atoms with E-state index in [0.717, 1.165) is 12.1 Å². The van der Waals surface area contributed by atoms with Crippen LogP contribution in [0, 0.1) is 11.6 Å². The van der Waals surface area contributed by atoms with E-state index in [4.69, 9.17) is 4.74 Å². The molecule has 0 amide bonds. The Labute approximate surface area is 216 Å². The van der Waals surface area contributed by atoms with Crippen LogP contribution in [-0.2, 0) is 21.4 Å². The molecule has 3 aromatic carbocycles. The van der Waals surface area contributed by atoms with Gasteiger partial charge in [-0.3, -0.25) is 19.1 Å². The Morgan fingerprint density at radius 2 is 1.71 bits per heavy atom. The molecule has 0 unspecified atom stereocenters. The molecule has 0 radical (unpaired) electrons. The zero-order chi connectivity index (χ0) is 26.9. The molecule has 38 heavy (non-hydrogen) atoms. The number of pyridine rings is 1. The smallest absolute Gasteiger partial charge is 0.274 e. The van der Waals surface area contributed by atoms with E-state index in [2.05, 4.69) is 14.7 Å². The van der Waals surface area contributed by atoms with Gasteiger partial charge in [-0.15, -0.1) is 0 Å². The molecule has 5 rings (SSSR count). The number of aromatic nitrogens is 3. The maximum atomic E-state index is 14.3. The SMILES string of the molecule is COCc1ncc(-c2ccc3ncc(=O)n(-c4ccccc4)c3c2)cc1NS(=O)(=O)c1ccc(F)cc1F. The van der Waals surface area contributed by atoms with Gasteiger partial charge in [0.1, 0.15) is 16.5 Å². The minimum Gasteiger partial charge on any atom is -0.378 e. The first-order chi connectivity index (χ1) is 18.3. The molecule has 8 nitrogen and oxygen atoms in total. The van der Waals surface area contributed by atoms with E-state index in [9.17, 15) is 22.0 Å². The molecule has 11 heteroatoms. The summed E-state index contributed by atoms with van der Waals surface area (Å²) in [7, 11) is -3.00. The number of para-hydroxylation sites is 1. The molecule has 0 aliphatic rings. The minimum absolute atomic E-state index is 0.0285. The highest BCUT2D eigenvalue weighted by Gasteiger charge is 2.22. The van der Waals surface area contributed by atoms with E-state index in [-0.39, 0.29) is 23.5 Å². The molecule has 2 heterocycles. The van der Waals surface area contributed by atoms with Gasteiger partial charge in [0.25, 0.3) is 15.6 Å². The zero-order valence-corrected chi connectivity index (χ0v) is 20.7. The third kappa shape index (κ3) is 4.89. The summed E-state index contributed by atoms with van der Waals surface area (Å²) in [4.78, 5) is 20.6. The monoisotopic (exact) mass is 534 g/mol. The number of anilines is 1. The van der Waals surface area contributed by atoms with Crippen LogP contribution >= 0.6 is 0 Å². The summed E-state index contributed by atoms with van der Waals surface area (Å²) in [5.41, 5.74) is 2.91. The number of benzene rings is 3. The van der Waals surface area contributed by atoms with Crippen molar-refractivity contribution >= 4 is 26.7 Å². The third-order valence-corrected chi connectivity index (χ3v) is 7.18. The van der Waals surface area contributed by atoms with E-state index in [0.29, 0.717) is 33.9 Å². The first-order valence-electron chi connectivity index (χ1n) is 11.3. The average Bonchev–Trinajstić information content (AvgIpc) is 2.89. The number of halogens is 2. The van der Waals surface area contributed by atoms with Crippen LogP contribution in [0.5, 0.6) is 0 Å². The van der Waals surface area contributed by atoms with Crippen molar-refractivity contribution < 1.29 is 21.9 Å². The summed E-state index contributed by atoms with van der Waals surface area (Å²) < 4.78 is 62.5. The average molecular weight is 535 g/mol. The number of nitrogens with zero attached hydrogens (tertiary/aromatic N) is 3. The van der Waals surface area contributed by atoms with E-state index in [1.54, 1.807) is 30.3 Å². The molecule has 5 aromatic rings. The highest BCUT2D eigenvalue weighted by molar-refractivity contribution is 7.92. The van der Waals surface area contributed by atoms with Crippen molar-refractivity contribution in [2.45, 2.75) is 11.5 Å². The van der Waals surface area contributed by atoms with Gasteiger partial charge in [0.05, 0.1) is 35.2 Å². The summed E-state index contributed by atoms with van der Waals surface area (Å²) in [6.07, 6.45) is 2.78. The standard InChI is InChI=1S/C27H20F2N4O4S/c1-37-16-24-23(32-38(35,36)26-10-8-19(28)13-21(26)29)11-18(14-30-24)17-7-9-22-25(12-17)33(27(34)15-31-22)20-5-3-2-4-6-20/h2-15,32H,16H2,1H3. The topological polar surface area (TPSA) is 103 Å². The van der Waals surface area contributed by atoms with Crippen LogP contribution in [0.2, 0.25) is 0 Å². The van der Waals surface area contributed by atoms with Gasteiger partial charge in [-0.2, -0.15) is 0 Å². The molecule has 2 aromatic heterocycles. The number of sulfonamides is 1. The second kappa shape index (κ2) is 10.1. The fraction of sp³-hybridized carbons (Fsp3) is 0.0741. The largest absolute Gasteiger partial charge is 0.378 e. The van der Waals surface area contributed by atoms with Gasteiger partial charge in [-0.25, -0.2) is 22.2 Å². The molecule has 192 valence electrons. The lowest BCUT2D eigenvalue weighted by molar-refractivity contribution is 0.182. The first kappa shape index (κ1) is 25.2. The fourth-order valence-corrected chi connectivity index (χ4v) is 5.16. The van der Waals surface area contributed by atoms with Crippen molar-refractivity contribution in [1.29, 1.82) is 0 Å². The van der Waals surface area contributed by atoms with Crippen molar-refractivity contribution in [2.24, 2.45) is 0 Å². The van der Waals surface area contributed by atoms with Crippen molar-refractivity contribution in [3.05, 3.63) is 113 Å². The summed E-state index contributed by atoms with van der Waals surface area (Å²) in [6, 6.07) is 18.1. The van der Waals surface area contributed by atoms with Crippen LogP contribution in [0.1, 0.15) is 5.69 Å². The lowest BCUT2D eigenvalue weighted by atomic mass is 10.1. The van der Waals surface area contributed by atoms with Gasteiger partial charge in [-0.1, -0.05) is 24.3 Å². The lowest BCUT2D eigenvalue weighted by Crippen LogP contribution is -2.18. The molecule has 0 aliphatic heterocycles. The maximum Gasteiger partial charge on any atom is 0.274 e. The van der Waals surface area contributed by atoms with E-state index in [1.165, 1.54) is 30.1 Å². The van der Waals surface area contributed by atoms with Gasteiger partial charge in [-0.05, 0) is 48.0 Å². The summed E-state index contributed by atoms with van der Waals surface area (Å²) in [5.74, 6) is -2.12. The molecule has 0 atom stereocenters. The van der Waals surface area contributed by atoms with Gasteiger partial charge in [0, 0.05) is 30.6 Å². The van der Waals surface area contributed by atoms with Crippen LogP contribution in [0.25, 0.3) is 27.8 Å². The molecule has 0 saturated heterocycles. The lowest BCUT2D eigenvalue weighted by Gasteiger charge is -2.15. The second-order valence-electron chi connectivity index (χ2n) is 8.30. The quantitative estimate of drug-likeness (QED) is 0.326. The molecule has 1 N–H and O–H groups in total. The van der Waals surface area contributed by atoms with Crippen molar-refractivity contribution in [3.63, 3.8) is 0 Å². The van der Waals surface area contributed by atoms with Crippen LogP contribution in [0.15, 0.2) is 94.9 Å². The van der Waals surface area contributed by atoms with E-state index >= 15 is 0 Å². The van der Waals surface area contributed by atoms with Gasteiger partial charge >= 0.3 is 0 Å². The number of methoxy groups -OCH3 is 1. The fourth-order valence-electron chi connectivity index (χ4n) is 4.02. The number of hydrogen-bond donors (Lipinski definition) is 1. The normalized spacial score (nSPS) is 11.6. The van der Waals surface area contributed by atoms with Crippen LogP contribution < -0.4 is 10.3 Å². The van der Waals surface area contributed by atoms with Gasteiger partial charge in [0.2, 0.25) is 0 Å². The van der Waals surface area contributed by atoms with E-state index < -0.39 is 26.6 Å². The number of nitrogens with one attached hydrogen (secondary N) is 1. The Hall–Kier alpha value is -4.48. The van der Waals surface area contributed by atoms with Gasteiger partial charge in [0.15, 0.2) is 0 Å². The predicted molar refractivity (Wildman–Crippen MR) is 138 cm³/mol. The van der Waals surface area contributed by atoms with Crippen molar-refractivity contribution in [3.8, 4) is 16.8 Å². The molecule has 0 saturated carbocycles. The summed E-state index contributed by atoms with van der Waals surface area (Å²) >= 11 is 0. The number of ether oxygens (including phenoxy) is 1. The predicted octanol–water partition coefficient (Wildman–Crippen LogP) is 4.67. The minimum atomic E-state index is -4.43. The Kier molecular flexibility index (Phi) is 6.70. The second-order valence-corrected chi connectivity index (χ2v) is 9.95. The van der Waals surface area contributed by atoms with Crippen LogP contribution in [0.3, 0.4) is 0 Å². The number of rotatable bonds is 7.